The fourth-order valence-corrected chi connectivity index (χ4v) is 12.4. The fraction of sp³-hybridized carbons (Fsp3) is 0.986. The minimum atomic E-state index is -1.78. The van der Waals surface area contributed by atoms with Crippen LogP contribution in [0.25, 0.3) is 0 Å². The van der Waals surface area contributed by atoms with Gasteiger partial charge in [0.2, 0.25) is 5.91 Å². The largest absolute Gasteiger partial charge is 0.394 e. The summed E-state index contributed by atoms with van der Waals surface area (Å²) in [5.41, 5.74) is 0. The minimum absolute atomic E-state index is 0.197. The number of unbranched alkanes of at least 4 members (excludes halogenated alkanes) is 47. The summed E-state index contributed by atoms with van der Waals surface area (Å²) in [6.07, 6.45) is 48.5. The summed E-state index contributed by atoms with van der Waals surface area (Å²) in [6.45, 7) is 2.92. The van der Waals surface area contributed by atoms with Crippen LogP contribution in [0.3, 0.4) is 0 Å². The van der Waals surface area contributed by atoms with Crippen molar-refractivity contribution < 1.29 is 64.6 Å². The number of hydrogen-bond donors (Lipinski definition) is 9. The number of carbonyl (C=O) groups is 1. The zero-order valence-electron chi connectivity index (χ0n) is 53.7. The summed E-state index contributed by atoms with van der Waals surface area (Å²) in [5.74, 6) is -0.197. The van der Waals surface area contributed by atoms with Gasteiger partial charge in [0.05, 0.1) is 32.0 Å². The molecule has 2 aliphatic heterocycles. The molecule has 0 aromatic heterocycles. The summed E-state index contributed by atoms with van der Waals surface area (Å²) in [4.78, 5) is 13.3. The van der Waals surface area contributed by atoms with E-state index in [1.54, 1.807) is 0 Å². The van der Waals surface area contributed by atoms with Crippen LogP contribution in [0.5, 0.6) is 0 Å². The molecule has 494 valence electrons. The van der Waals surface area contributed by atoms with Gasteiger partial charge in [-0.15, -0.1) is 0 Å². The van der Waals surface area contributed by atoms with Gasteiger partial charge < -0.3 is 65.1 Å². The van der Waals surface area contributed by atoms with Crippen molar-refractivity contribution >= 4 is 5.91 Å². The predicted octanol–water partition coefficient (Wildman–Crippen LogP) is 14.4. The second kappa shape index (κ2) is 55.1. The van der Waals surface area contributed by atoms with Crippen LogP contribution in [0, 0.1) is 0 Å². The Morgan fingerprint density at radius 1 is 0.386 bits per heavy atom. The van der Waals surface area contributed by atoms with E-state index in [1.807, 2.05) is 0 Å². The van der Waals surface area contributed by atoms with Crippen molar-refractivity contribution in [3.05, 3.63) is 0 Å². The number of aliphatic hydroxyl groups excluding tert-OH is 8. The third-order valence-electron chi connectivity index (χ3n) is 18.1. The molecule has 2 saturated heterocycles. The van der Waals surface area contributed by atoms with E-state index in [1.165, 1.54) is 263 Å². The highest BCUT2D eigenvalue weighted by molar-refractivity contribution is 5.76. The lowest BCUT2D eigenvalue weighted by atomic mass is 9.97. The molecule has 14 heteroatoms. The second-order valence-electron chi connectivity index (χ2n) is 25.7. The van der Waals surface area contributed by atoms with Crippen LogP contribution in [0.4, 0.5) is 0 Å². The first-order valence-corrected chi connectivity index (χ1v) is 35.8. The number of nitrogens with one attached hydrogen (secondary N) is 1. The summed E-state index contributed by atoms with van der Waals surface area (Å²) >= 11 is 0. The molecule has 12 atom stereocenters. The van der Waals surface area contributed by atoms with Crippen molar-refractivity contribution in [2.75, 3.05) is 19.8 Å². The number of carbonyl (C=O) groups excluding carboxylic acids is 1. The van der Waals surface area contributed by atoms with Crippen LogP contribution in [0.1, 0.15) is 341 Å². The Morgan fingerprint density at radius 3 is 1.02 bits per heavy atom. The van der Waals surface area contributed by atoms with Crippen LogP contribution in [-0.2, 0) is 23.7 Å². The lowest BCUT2D eigenvalue weighted by molar-refractivity contribution is -0.359. The van der Waals surface area contributed by atoms with E-state index in [4.69, 9.17) is 18.9 Å². The van der Waals surface area contributed by atoms with E-state index in [-0.39, 0.29) is 12.5 Å². The fourth-order valence-electron chi connectivity index (χ4n) is 12.4. The van der Waals surface area contributed by atoms with Gasteiger partial charge >= 0.3 is 0 Å². The number of amides is 1. The van der Waals surface area contributed by atoms with E-state index in [0.717, 1.165) is 51.4 Å². The highest BCUT2D eigenvalue weighted by Crippen LogP contribution is 2.30. The van der Waals surface area contributed by atoms with E-state index in [0.29, 0.717) is 12.8 Å². The number of aliphatic hydroxyl groups is 8. The van der Waals surface area contributed by atoms with E-state index >= 15 is 0 Å². The van der Waals surface area contributed by atoms with Gasteiger partial charge in [0.15, 0.2) is 12.6 Å². The van der Waals surface area contributed by atoms with Crippen molar-refractivity contribution in [2.24, 2.45) is 0 Å². The van der Waals surface area contributed by atoms with Crippen LogP contribution in [-0.4, -0.2) is 140 Å². The Balaban J connectivity index is 1.61. The molecular formula is C69H135NO13. The molecule has 9 N–H and O–H groups in total. The molecule has 2 rings (SSSR count). The summed E-state index contributed by atoms with van der Waals surface area (Å²) < 4.78 is 22.9. The molecule has 0 saturated carbocycles. The van der Waals surface area contributed by atoms with Gasteiger partial charge in [-0.25, -0.2) is 0 Å². The molecule has 2 aliphatic rings. The molecule has 0 bridgehead atoms. The van der Waals surface area contributed by atoms with Gasteiger partial charge in [-0.05, 0) is 12.8 Å². The van der Waals surface area contributed by atoms with Gasteiger partial charge in [0, 0.05) is 6.42 Å². The Morgan fingerprint density at radius 2 is 0.687 bits per heavy atom. The maximum atomic E-state index is 13.3. The molecule has 0 radical (unpaired) electrons. The smallest absolute Gasteiger partial charge is 0.220 e. The SMILES string of the molecule is CCCCCCCCCCCCCCCCCCCCCCCCCCCCCCCCCCC(=O)N[C@@H](CO[C@@H]1O[C@H](CO)[C@@H](O[C@@H]2O[C@H](CO)[C@H](O)C(O)C2O)C(O)C1O)[C@H](O)CCCCCCCCCCCCCCCCCCC. The highest BCUT2D eigenvalue weighted by atomic mass is 16.7. The third kappa shape index (κ3) is 39.6. The van der Waals surface area contributed by atoms with Crippen LogP contribution in [0.15, 0.2) is 0 Å². The molecular weight excluding hydrogens is 1050 g/mol. The lowest BCUT2D eigenvalue weighted by Crippen LogP contribution is -2.65. The Labute approximate surface area is 508 Å². The van der Waals surface area contributed by atoms with Gasteiger partial charge in [-0.3, -0.25) is 4.79 Å². The second-order valence-corrected chi connectivity index (χ2v) is 25.7. The molecule has 0 aliphatic carbocycles. The monoisotopic (exact) mass is 1190 g/mol. The summed E-state index contributed by atoms with van der Waals surface area (Å²) in [6, 6.07) is -0.824. The number of hydrogen-bond acceptors (Lipinski definition) is 13. The maximum Gasteiger partial charge on any atom is 0.220 e. The number of ether oxygens (including phenoxy) is 4. The molecule has 0 aromatic rings. The van der Waals surface area contributed by atoms with Gasteiger partial charge in [0.25, 0.3) is 0 Å². The molecule has 0 spiro atoms. The Kier molecular flexibility index (Phi) is 51.8. The molecule has 83 heavy (non-hydrogen) atoms. The van der Waals surface area contributed by atoms with Gasteiger partial charge in [0.1, 0.15) is 48.8 Å². The van der Waals surface area contributed by atoms with E-state index in [2.05, 4.69) is 19.2 Å². The zero-order chi connectivity index (χ0) is 60.2. The maximum absolute atomic E-state index is 13.3. The predicted molar refractivity (Wildman–Crippen MR) is 337 cm³/mol. The summed E-state index contributed by atoms with van der Waals surface area (Å²) in [5, 5.41) is 87.5. The average Bonchev–Trinajstić information content (AvgIpc) is 3.65. The van der Waals surface area contributed by atoms with Crippen molar-refractivity contribution in [3.63, 3.8) is 0 Å². The highest BCUT2D eigenvalue weighted by Gasteiger charge is 2.51. The van der Waals surface area contributed by atoms with Crippen LogP contribution < -0.4 is 5.32 Å². The molecule has 14 nitrogen and oxygen atoms in total. The van der Waals surface area contributed by atoms with Crippen molar-refractivity contribution in [3.8, 4) is 0 Å². The third-order valence-corrected chi connectivity index (χ3v) is 18.1. The lowest BCUT2D eigenvalue weighted by Gasteiger charge is -2.46. The van der Waals surface area contributed by atoms with Gasteiger partial charge in [-0.2, -0.15) is 0 Å². The topological polar surface area (TPSA) is 228 Å². The molecule has 4 unspecified atom stereocenters. The number of rotatable bonds is 60. The first kappa shape index (κ1) is 78.1. The van der Waals surface area contributed by atoms with Crippen molar-refractivity contribution in [1.82, 2.24) is 5.32 Å². The standard InChI is InChI=1S/C69H135NO13/c1-3-5-7-9-11-13-15-17-19-21-22-23-24-25-26-27-28-29-30-31-32-33-34-35-37-39-41-43-45-47-49-51-53-61(74)70-57(58(73)52-50-48-46-44-42-40-38-36-20-18-16-14-12-10-8-6-4-2)56-80-68-66(79)64(77)67(60(55-72)82-68)83-69-65(78)63(76)62(75)59(54-71)81-69/h57-60,62-69,71-73,75-79H,3-56H2,1-2H3,(H,70,74)/t57-,58+,59+,60+,62-,63?,64?,65?,66?,67+,68+,69-/m0/s1. The molecule has 1 amide bonds. The van der Waals surface area contributed by atoms with Crippen LogP contribution in [0.2, 0.25) is 0 Å². The average molecular weight is 1190 g/mol. The van der Waals surface area contributed by atoms with Crippen molar-refractivity contribution in [2.45, 2.75) is 415 Å². The summed E-state index contributed by atoms with van der Waals surface area (Å²) in [7, 11) is 0. The molecule has 0 aromatic carbocycles. The molecule has 2 heterocycles. The first-order valence-electron chi connectivity index (χ1n) is 35.8. The van der Waals surface area contributed by atoms with Gasteiger partial charge in [-0.1, -0.05) is 322 Å². The normalized spacial score (nSPS) is 23.7. The quantitative estimate of drug-likeness (QED) is 0.0259. The minimum Gasteiger partial charge on any atom is -0.394 e. The van der Waals surface area contributed by atoms with E-state index < -0.39 is 86.8 Å². The van der Waals surface area contributed by atoms with Crippen molar-refractivity contribution in [1.29, 1.82) is 0 Å². The molecule has 2 fully saturated rings. The van der Waals surface area contributed by atoms with Crippen LogP contribution >= 0.6 is 0 Å². The Bertz CT molecular complexity index is 1400. The Hall–Kier alpha value is -1.01. The van der Waals surface area contributed by atoms with E-state index in [9.17, 15) is 45.6 Å². The first-order chi connectivity index (χ1) is 40.6. The zero-order valence-corrected chi connectivity index (χ0v) is 53.7.